The summed E-state index contributed by atoms with van der Waals surface area (Å²) >= 11 is 5.84. The van der Waals surface area contributed by atoms with Crippen molar-refractivity contribution in [1.82, 2.24) is 5.32 Å². The number of ether oxygens (including phenoxy) is 1. The standard InChI is InChI=1S/C20H20ClNO4/c1-3-13(2)22-18(23)12-26-20(25)17-7-5-4-6-16(17)19(24)14-8-10-15(21)11-9-14/h4-11,13H,3,12H2,1-2H3,(H,22,23)/t13-/m1/s1. The summed E-state index contributed by atoms with van der Waals surface area (Å²) in [6, 6.07) is 12.7. The quantitative estimate of drug-likeness (QED) is 0.594. The molecule has 26 heavy (non-hydrogen) atoms. The first-order chi connectivity index (χ1) is 12.4. The van der Waals surface area contributed by atoms with Crippen molar-refractivity contribution in [2.75, 3.05) is 6.61 Å². The molecule has 0 aliphatic rings. The summed E-state index contributed by atoms with van der Waals surface area (Å²) in [5.41, 5.74) is 0.732. The average Bonchev–Trinajstić information content (AvgIpc) is 2.66. The van der Waals surface area contributed by atoms with Crippen LogP contribution in [0.4, 0.5) is 0 Å². The summed E-state index contributed by atoms with van der Waals surface area (Å²) in [4.78, 5) is 36.8. The van der Waals surface area contributed by atoms with E-state index >= 15 is 0 Å². The lowest BCUT2D eigenvalue weighted by Crippen LogP contribution is -2.35. The zero-order valence-corrected chi connectivity index (χ0v) is 15.4. The minimum absolute atomic E-state index is 0.0000271. The highest BCUT2D eigenvalue weighted by molar-refractivity contribution is 6.30. The predicted octanol–water partition coefficient (Wildman–Crippen LogP) is 3.64. The molecule has 0 saturated carbocycles. The molecule has 1 amide bonds. The number of amides is 1. The van der Waals surface area contributed by atoms with Gasteiger partial charge in [0, 0.05) is 22.2 Å². The van der Waals surface area contributed by atoms with Crippen LogP contribution in [0.25, 0.3) is 0 Å². The van der Waals surface area contributed by atoms with Crippen molar-refractivity contribution < 1.29 is 19.1 Å². The largest absolute Gasteiger partial charge is 0.452 e. The lowest BCUT2D eigenvalue weighted by Gasteiger charge is -2.12. The Labute approximate surface area is 157 Å². The number of ketones is 1. The molecule has 1 atom stereocenters. The molecular weight excluding hydrogens is 354 g/mol. The van der Waals surface area contributed by atoms with Crippen LogP contribution in [0.1, 0.15) is 46.5 Å². The van der Waals surface area contributed by atoms with Gasteiger partial charge in [-0.15, -0.1) is 0 Å². The lowest BCUT2D eigenvalue weighted by molar-refractivity contribution is -0.124. The minimum atomic E-state index is -0.720. The summed E-state index contributed by atoms with van der Waals surface area (Å²) in [5.74, 6) is -1.42. The summed E-state index contributed by atoms with van der Waals surface area (Å²) in [5, 5.41) is 3.22. The van der Waals surface area contributed by atoms with E-state index in [-0.39, 0.29) is 28.9 Å². The van der Waals surface area contributed by atoms with Gasteiger partial charge >= 0.3 is 5.97 Å². The van der Waals surface area contributed by atoms with Crippen molar-refractivity contribution in [2.24, 2.45) is 0 Å². The maximum Gasteiger partial charge on any atom is 0.339 e. The van der Waals surface area contributed by atoms with Crippen molar-refractivity contribution in [2.45, 2.75) is 26.3 Å². The van der Waals surface area contributed by atoms with Gasteiger partial charge in [-0.3, -0.25) is 9.59 Å². The second-order valence-corrected chi connectivity index (χ2v) is 6.27. The van der Waals surface area contributed by atoms with Crippen LogP contribution in [0.2, 0.25) is 5.02 Å². The molecule has 1 N–H and O–H groups in total. The Balaban J connectivity index is 2.12. The summed E-state index contributed by atoms with van der Waals surface area (Å²) in [6.07, 6.45) is 0.776. The molecule has 5 nitrogen and oxygen atoms in total. The third-order valence-corrected chi connectivity index (χ3v) is 4.10. The monoisotopic (exact) mass is 373 g/mol. The van der Waals surface area contributed by atoms with Gasteiger partial charge in [0.2, 0.25) is 0 Å². The van der Waals surface area contributed by atoms with E-state index < -0.39 is 12.6 Å². The van der Waals surface area contributed by atoms with E-state index in [4.69, 9.17) is 16.3 Å². The molecule has 0 radical (unpaired) electrons. The van der Waals surface area contributed by atoms with Gasteiger partial charge in [0.1, 0.15) is 0 Å². The first kappa shape index (κ1) is 19.7. The molecule has 0 fully saturated rings. The zero-order valence-electron chi connectivity index (χ0n) is 14.6. The maximum atomic E-state index is 12.7. The van der Waals surface area contributed by atoms with Crippen LogP contribution in [0.15, 0.2) is 48.5 Å². The van der Waals surface area contributed by atoms with E-state index in [2.05, 4.69) is 5.32 Å². The number of halogens is 1. The lowest BCUT2D eigenvalue weighted by atomic mass is 9.98. The molecular formula is C20H20ClNO4. The number of rotatable bonds is 7. The number of hydrogen-bond donors (Lipinski definition) is 1. The topological polar surface area (TPSA) is 72.5 Å². The van der Waals surface area contributed by atoms with E-state index in [1.807, 2.05) is 13.8 Å². The number of carbonyl (C=O) groups excluding carboxylic acids is 3. The Morgan fingerprint density at radius 2 is 1.65 bits per heavy atom. The molecule has 0 aromatic heterocycles. The van der Waals surface area contributed by atoms with E-state index in [0.717, 1.165) is 6.42 Å². The molecule has 0 unspecified atom stereocenters. The van der Waals surface area contributed by atoms with E-state index in [0.29, 0.717) is 10.6 Å². The van der Waals surface area contributed by atoms with Crippen molar-refractivity contribution in [3.8, 4) is 0 Å². The SMILES string of the molecule is CC[C@@H](C)NC(=O)COC(=O)c1ccccc1C(=O)c1ccc(Cl)cc1. The molecule has 0 bridgehead atoms. The Morgan fingerprint density at radius 3 is 2.27 bits per heavy atom. The van der Waals surface area contributed by atoms with Gasteiger partial charge in [0.15, 0.2) is 12.4 Å². The maximum absolute atomic E-state index is 12.7. The highest BCUT2D eigenvalue weighted by Crippen LogP contribution is 2.17. The predicted molar refractivity (Wildman–Crippen MR) is 99.5 cm³/mol. The van der Waals surface area contributed by atoms with Gasteiger partial charge in [0.05, 0.1) is 5.56 Å². The zero-order chi connectivity index (χ0) is 19.1. The molecule has 6 heteroatoms. The van der Waals surface area contributed by atoms with Crippen molar-refractivity contribution >= 4 is 29.3 Å². The Hall–Kier alpha value is -2.66. The van der Waals surface area contributed by atoms with E-state index in [1.165, 1.54) is 6.07 Å². The van der Waals surface area contributed by atoms with Crippen molar-refractivity contribution in [1.29, 1.82) is 0 Å². The highest BCUT2D eigenvalue weighted by atomic mass is 35.5. The first-order valence-electron chi connectivity index (χ1n) is 8.28. The van der Waals surface area contributed by atoms with Crippen LogP contribution < -0.4 is 5.32 Å². The molecule has 136 valence electrons. The van der Waals surface area contributed by atoms with Gasteiger partial charge in [-0.25, -0.2) is 4.79 Å². The van der Waals surface area contributed by atoms with Crippen LogP contribution in [0.5, 0.6) is 0 Å². The smallest absolute Gasteiger partial charge is 0.339 e. The van der Waals surface area contributed by atoms with Gasteiger partial charge < -0.3 is 10.1 Å². The van der Waals surface area contributed by atoms with Gasteiger partial charge in [-0.05, 0) is 43.7 Å². The van der Waals surface area contributed by atoms with Gasteiger partial charge in [0.25, 0.3) is 5.91 Å². The molecule has 0 aliphatic heterocycles. The van der Waals surface area contributed by atoms with Gasteiger partial charge in [-0.1, -0.05) is 36.7 Å². The summed E-state index contributed by atoms with van der Waals surface area (Å²) < 4.78 is 5.06. The second kappa shape index (κ2) is 9.15. The van der Waals surface area contributed by atoms with E-state index in [1.54, 1.807) is 42.5 Å². The molecule has 2 rings (SSSR count). The molecule has 0 saturated heterocycles. The molecule has 0 spiro atoms. The number of benzene rings is 2. The highest BCUT2D eigenvalue weighted by Gasteiger charge is 2.20. The fraction of sp³-hybridized carbons (Fsp3) is 0.250. The Bertz CT molecular complexity index is 802. The van der Waals surface area contributed by atoms with Crippen LogP contribution in [-0.4, -0.2) is 30.3 Å². The number of esters is 1. The van der Waals surface area contributed by atoms with Crippen LogP contribution >= 0.6 is 11.6 Å². The molecule has 0 aliphatic carbocycles. The third-order valence-electron chi connectivity index (χ3n) is 3.85. The fourth-order valence-corrected chi connectivity index (χ4v) is 2.37. The van der Waals surface area contributed by atoms with Crippen molar-refractivity contribution in [3.63, 3.8) is 0 Å². The first-order valence-corrected chi connectivity index (χ1v) is 8.66. The van der Waals surface area contributed by atoms with Crippen LogP contribution in [0.3, 0.4) is 0 Å². The minimum Gasteiger partial charge on any atom is -0.452 e. The summed E-state index contributed by atoms with van der Waals surface area (Å²) in [7, 11) is 0. The van der Waals surface area contributed by atoms with Gasteiger partial charge in [-0.2, -0.15) is 0 Å². The van der Waals surface area contributed by atoms with Crippen molar-refractivity contribution in [3.05, 3.63) is 70.2 Å². The average molecular weight is 374 g/mol. The molecule has 2 aromatic carbocycles. The number of carbonyl (C=O) groups is 3. The van der Waals surface area contributed by atoms with E-state index in [9.17, 15) is 14.4 Å². The Morgan fingerprint density at radius 1 is 1.04 bits per heavy atom. The van der Waals surface area contributed by atoms with Crippen LogP contribution in [0, 0.1) is 0 Å². The molecule has 0 heterocycles. The second-order valence-electron chi connectivity index (χ2n) is 5.83. The Kier molecular flexibility index (Phi) is 6.92. The summed E-state index contributed by atoms with van der Waals surface area (Å²) in [6.45, 7) is 3.40. The molecule has 2 aromatic rings. The third kappa shape index (κ3) is 5.17. The number of hydrogen-bond acceptors (Lipinski definition) is 4. The normalized spacial score (nSPS) is 11.5. The number of nitrogens with one attached hydrogen (secondary N) is 1. The van der Waals surface area contributed by atoms with Crippen LogP contribution in [-0.2, 0) is 9.53 Å². The fourth-order valence-electron chi connectivity index (χ4n) is 2.24.